The lowest BCUT2D eigenvalue weighted by Crippen LogP contribution is -2.54. The standard InChI is InChI=1S/C24H30N4O5/c29-19-5-4-17(21(30)26-19)28-22(31)16-2-1-3-18(20(16)23(28)32)33-15-14-27-12-8-24(9-13-27)6-10-25-11-7-24/h1-3,17,25H,4-15H2,(H,26,29,30). The summed E-state index contributed by atoms with van der Waals surface area (Å²) in [4.78, 5) is 53.2. The van der Waals surface area contributed by atoms with E-state index in [2.05, 4.69) is 15.5 Å². The highest BCUT2D eigenvalue weighted by molar-refractivity contribution is 6.24. The molecule has 0 saturated carbocycles. The van der Waals surface area contributed by atoms with Gasteiger partial charge < -0.3 is 10.1 Å². The van der Waals surface area contributed by atoms with Gasteiger partial charge in [0.15, 0.2) is 0 Å². The molecular weight excluding hydrogens is 424 g/mol. The summed E-state index contributed by atoms with van der Waals surface area (Å²) in [6, 6.07) is 3.99. The maximum absolute atomic E-state index is 13.1. The normalized spacial score (nSPS) is 25.3. The Hall–Kier alpha value is -2.78. The predicted molar refractivity (Wildman–Crippen MR) is 119 cm³/mol. The lowest BCUT2D eigenvalue weighted by atomic mass is 9.71. The van der Waals surface area contributed by atoms with E-state index in [0.29, 0.717) is 17.8 Å². The summed E-state index contributed by atoms with van der Waals surface area (Å²) < 4.78 is 5.98. The van der Waals surface area contributed by atoms with E-state index in [0.717, 1.165) is 37.6 Å². The Balaban J connectivity index is 1.21. The van der Waals surface area contributed by atoms with Gasteiger partial charge >= 0.3 is 0 Å². The van der Waals surface area contributed by atoms with Crippen LogP contribution in [0.3, 0.4) is 0 Å². The van der Waals surface area contributed by atoms with Crippen molar-refractivity contribution in [2.75, 3.05) is 39.3 Å². The summed E-state index contributed by atoms with van der Waals surface area (Å²) in [5, 5.41) is 5.67. The maximum atomic E-state index is 13.1. The fourth-order valence-electron chi connectivity index (χ4n) is 5.60. The summed E-state index contributed by atoms with van der Waals surface area (Å²) in [5.41, 5.74) is 0.947. The Labute approximate surface area is 192 Å². The zero-order valence-corrected chi connectivity index (χ0v) is 18.7. The highest BCUT2D eigenvalue weighted by Gasteiger charge is 2.46. The zero-order chi connectivity index (χ0) is 23.0. The number of rotatable bonds is 5. The van der Waals surface area contributed by atoms with Crippen molar-refractivity contribution < 1.29 is 23.9 Å². The van der Waals surface area contributed by atoms with Crippen molar-refractivity contribution in [2.24, 2.45) is 5.41 Å². The fraction of sp³-hybridized carbons (Fsp3) is 0.583. The van der Waals surface area contributed by atoms with E-state index >= 15 is 0 Å². The third-order valence-electron chi connectivity index (χ3n) is 7.68. The Morgan fingerprint density at radius 3 is 2.48 bits per heavy atom. The number of piperidine rings is 3. The molecule has 1 aromatic carbocycles. The van der Waals surface area contributed by atoms with Crippen molar-refractivity contribution >= 4 is 23.6 Å². The third kappa shape index (κ3) is 4.15. The van der Waals surface area contributed by atoms with Gasteiger partial charge in [-0.15, -0.1) is 0 Å². The van der Waals surface area contributed by atoms with Crippen molar-refractivity contribution in [3.8, 4) is 5.75 Å². The van der Waals surface area contributed by atoms with Crippen molar-refractivity contribution in [3.63, 3.8) is 0 Å². The number of amides is 4. The first-order chi connectivity index (χ1) is 16.0. The van der Waals surface area contributed by atoms with Crippen molar-refractivity contribution in [3.05, 3.63) is 29.3 Å². The first-order valence-electron chi connectivity index (χ1n) is 11.9. The molecule has 9 heteroatoms. The fourth-order valence-corrected chi connectivity index (χ4v) is 5.60. The van der Waals surface area contributed by atoms with Crippen LogP contribution in [0.1, 0.15) is 59.2 Å². The van der Waals surface area contributed by atoms with Crippen LogP contribution >= 0.6 is 0 Å². The lowest BCUT2D eigenvalue weighted by molar-refractivity contribution is -0.136. The average molecular weight is 455 g/mol. The molecule has 4 heterocycles. The number of carbonyl (C=O) groups excluding carboxylic acids is 4. The number of hydrogen-bond acceptors (Lipinski definition) is 7. The van der Waals surface area contributed by atoms with Gasteiger partial charge in [-0.2, -0.15) is 0 Å². The predicted octanol–water partition coefficient (Wildman–Crippen LogP) is 0.932. The Kier molecular flexibility index (Phi) is 5.92. The highest BCUT2D eigenvalue weighted by atomic mass is 16.5. The Morgan fingerprint density at radius 1 is 1.00 bits per heavy atom. The molecule has 4 amide bonds. The Bertz CT molecular complexity index is 977. The maximum Gasteiger partial charge on any atom is 0.266 e. The highest BCUT2D eigenvalue weighted by Crippen LogP contribution is 2.39. The second-order valence-corrected chi connectivity index (χ2v) is 9.57. The van der Waals surface area contributed by atoms with Crippen LogP contribution in [0.5, 0.6) is 5.75 Å². The Morgan fingerprint density at radius 2 is 1.76 bits per heavy atom. The van der Waals surface area contributed by atoms with Crippen LogP contribution in [0.4, 0.5) is 0 Å². The van der Waals surface area contributed by atoms with E-state index in [9.17, 15) is 19.2 Å². The van der Waals surface area contributed by atoms with Gasteiger partial charge in [0.05, 0.1) is 11.1 Å². The molecule has 3 saturated heterocycles. The van der Waals surface area contributed by atoms with Gasteiger partial charge in [-0.05, 0) is 75.8 Å². The van der Waals surface area contributed by atoms with E-state index in [1.54, 1.807) is 18.2 Å². The van der Waals surface area contributed by atoms with Crippen molar-refractivity contribution in [1.82, 2.24) is 20.4 Å². The lowest BCUT2D eigenvalue weighted by Gasteiger charge is -2.44. The van der Waals surface area contributed by atoms with Crippen molar-refractivity contribution in [2.45, 2.75) is 44.6 Å². The molecule has 1 spiro atoms. The monoisotopic (exact) mass is 454 g/mol. The quantitative estimate of drug-likeness (QED) is 0.638. The van der Waals surface area contributed by atoms with Gasteiger partial charge in [0, 0.05) is 13.0 Å². The van der Waals surface area contributed by atoms with E-state index in [1.165, 1.54) is 25.7 Å². The minimum atomic E-state index is -0.974. The van der Waals surface area contributed by atoms with E-state index in [4.69, 9.17) is 4.74 Å². The van der Waals surface area contributed by atoms with Crippen LogP contribution in [0, 0.1) is 5.41 Å². The van der Waals surface area contributed by atoms with Crippen LogP contribution < -0.4 is 15.4 Å². The minimum absolute atomic E-state index is 0.0980. The van der Waals surface area contributed by atoms with Crippen LogP contribution in [-0.2, 0) is 9.59 Å². The number of carbonyl (C=O) groups is 4. The number of likely N-dealkylation sites (tertiary alicyclic amines) is 1. The molecule has 0 radical (unpaired) electrons. The molecule has 3 fully saturated rings. The van der Waals surface area contributed by atoms with Gasteiger partial charge in [0.1, 0.15) is 18.4 Å². The molecule has 176 valence electrons. The molecule has 4 aliphatic rings. The molecule has 33 heavy (non-hydrogen) atoms. The van der Waals surface area contributed by atoms with E-state index in [1.807, 2.05) is 0 Å². The van der Waals surface area contributed by atoms with Crippen molar-refractivity contribution in [1.29, 1.82) is 0 Å². The first-order valence-corrected chi connectivity index (χ1v) is 11.9. The van der Waals surface area contributed by atoms with E-state index in [-0.39, 0.29) is 29.9 Å². The molecule has 2 N–H and O–H groups in total. The second kappa shape index (κ2) is 8.87. The van der Waals surface area contributed by atoms with Crippen LogP contribution in [0.15, 0.2) is 18.2 Å². The molecule has 1 atom stereocenters. The molecule has 4 aliphatic heterocycles. The van der Waals surface area contributed by atoms with Crippen LogP contribution in [0.25, 0.3) is 0 Å². The number of nitrogens with zero attached hydrogens (tertiary/aromatic N) is 2. The van der Waals surface area contributed by atoms with Gasteiger partial charge in [-0.25, -0.2) is 0 Å². The SMILES string of the molecule is O=C1CCC(N2C(=O)c3cccc(OCCN4CCC5(CCNCC5)CC4)c3C2=O)C(=O)N1. The van der Waals surface area contributed by atoms with Gasteiger partial charge in [-0.3, -0.25) is 34.3 Å². The molecule has 0 aromatic heterocycles. The molecule has 9 nitrogen and oxygen atoms in total. The molecule has 0 bridgehead atoms. The summed E-state index contributed by atoms with van der Waals surface area (Å²) in [5.74, 6) is -1.68. The molecule has 1 aromatic rings. The summed E-state index contributed by atoms with van der Waals surface area (Å²) in [6.07, 6.45) is 5.17. The largest absolute Gasteiger partial charge is 0.491 e. The summed E-state index contributed by atoms with van der Waals surface area (Å²) >= 11 is 0. The number of nitrogens with one attached hydrogen (secondary N) is 2. The average Bonchev–Trinajstić information content (AvgIpc) is 3.07. The third-order valence-corrected chi connectivity index (χ3v) is 7.68. The summed E-state index contributed by atoms with van der Waals surface area (Å²) in [6.45, 7) is 5.52. The van der Waals surface area contributed by atoms with E-state index < -0.39 is 23.8 Å². The van der Waals surface area contributed by atoms with Gasteiger partial charge in [0.2, 0.25) is 11.8 Å². The van der Waals surface area contributed by atoms with Gasteiger partial charge in [0.25, 0.3) is 11.8 Å². The van der Waals surface area contributed by atoms with Crippen LogP contribution in [-0.4, -0.2) is 78.8 Å². The van der Waals surface area contributed by atoms with Crippen LogP contribution in [0.2, 0.25) is 0 Å². The number of hydrogen-bond donors (Lipinski definition) is 2. The number of ether oxygens (including phenoxy) is 1. The first kappa shape index (κ1) is 22.0. The molecule has 5 rings (SSSR count). The molecule has 1 unspecified atom stereocenters. The molecular formula is C24H30N4O5. The topological polar surface area (TPSA) is 108 Å². The minimum Gasteiger partial charge on any atom is -0.491 e. The zero-order valence-electron chi connectivity index (χ0n) is 18.7. The second-order valence-electron chi connectivity index (χ2n) is 9.57. The molecule has 0 aliphatic carbocycles. The number of fused-ring (bicyclic) bond motifs is 1. The number of imide groups is 2. The van der Waals surface area contributed by atoms with Gasteiger partial charge in [-0.1, -0.05) is 6.07 Å². The number of benzene rings is 1. The summed E-state index contributed by atoms with van der Waals surface area (Å²) in [7, 11) is 0. The smallest absolute Gasteiger partial charge is 0.266 e.